The normalized spacial score (nSPS) is 18.6. The van der Waals surface area contributed by atoms with Gasteiger partial charge in [-0.2, -0.15) is 26.3 Å². The molecule has 3 amide bonds. The van der Waals surface area contributed by atoms with Crippen molar-refractivity contribution in [2.45, 2.75) is 56.5 Å². The SMILES string of the molecule is NCc1ccccc1CN(CC(=O)Nc1ccc2c(c1)CC1(C2)C(=O)Nc2ncccc21)C(=O)C1(C(F)(F)F)CC1.O=C(O)C(F)(F)F. The lowest BCUT2D eigenvalue weighted by molar-refractivity contribution is -0.199. The van der Waals surface area contributed by atoms with E-state index < -0.39 is 47.5 Å². The number of benzene rings is 2. The van der Waals surface area contributed by atoms with Gasteiger partial charge < -0.3 is 26.4 Å². The number of alkyl halides is 6. The summed E-state index contributed by atoms with van der Waals surface area (Å²) in [4.78, 5) is 53.5. The number of hydrogen-bond acceptors (Lipinski definition) is 6. The van der Waals surface area contributed by atoms with Gasteiger partial charge in [0, 0.05) is 30.5 Å². The summed E-state index contributed by atoms with van der Waals surface area (Å²) >= 11 is 0. The third kappa shape index (κ3) is 6.56. The number of nitrogens with zero attached hydrogens (tertiary/aromatic N) is 2. The van der Waals surface area contributed by atoms with E-state index in [9.17, 15) is 40.7 Å². The molecule has 1 saturated carbocycles. The van der Waals surface area contributed by atoms with E-state index in [2.05, 4.69) is 15.6 Å². The molecule has 0 radical (unpaired) electrons. The highest BCUT2D eigenvalue weighted by Crippen LogP contribution is 2.58. The van der Waals surface area contributed by atoms with E-state index in [1.807, 2.05) is 12.1 Å². The first-order chi connectivity index (χ1) is 22.5. The molecule has 1 fully saturated rings. The number of halogens is 6. The van der Waals surface area contributed by atoms with Gasteiger partial charge in [-0.05, 0) is 66.1 Å². The average molecular weight is 678 g/mol. The zero-order chi connectivity index (χ0) is 35.1. The van der Waals surface area contributed by atoms with Gasteiger partial charge in [0.2, 0.25) is 17.7 Å². The molecule has 1 spiro atoms. The zero-order valence-corrected chi connectivity index (χ0v) is 25.0. The predicted molar refractivity (Wildman–Crippen MR) is 158 cm³/mol. The molecular weight excluding hydrogens is 648 g/mol. The van der Waals surface area contributed by atoms with E-state index in [0.717, 1.165) is 21.6 Å². The second-order valence-corrected chi connectivity index (χ2v) is 11.8. The number of rotatable bonds is 7. The van der Waals surface area contributed by atoms with Crippen LogP contribution in [0.2, 0.25) is 0 Å². The van der Waals surface area contributed by atoms with Crippen LogP contribution in [0, 0.1) is 5.41 Å². The summed E-state index contributed by atoms with van der Waals surface area (Å²) in [7, 11) is 0. The number of carbonyl (C=O) groups excluding carboxylic acids is 3. The molecule has 16 heteroatoms. The van der Waals surface area contributed by atoms with Crippen LogP contribution in [0.1, 0.15) is 40.7 Å². The van der Waals surface area contributed by atoms with Crippen LogP contribution in [0.5, 0.6) is 0 Å². The molecule has 1 unspecified atom stereocenters. The van der Waals surface area contributed by atoms with Crippen molar-refractivity contribution in [2.75, 3.05) is 17.2 Å². The quantitative estimate of drug-likeness (QED) is 0.269. The molecule has 2 aromatic carbocycles. The maximum absolute atomic E-state index is 13.8. The van der Waals surface area contributed by atoms with Crippen molar-refractivity contribution < 1.29 is 50.6 Å². The summed E-state index contributed by atoms with van der Waals surface area (Å²) in [6.45, 7) is -0.589. The van der Waals surface area contributed by atoms with Gasteiger partial charge in [-0.15, -0.1) is 0 Å². The number of nitrogens with one attached hydrogen (secondary N) is 2. The summed E-state index contributed by atoms with van der Waals surface area (Å²) in [5.41, 5.74) is 6.95. The monoisotopic (exact) mass is 677 g/mol. The van der Waals surface area contributed by atoms with E-state index in [1.54, 1.807) is 48.7 Å². The van der Waals surface area contributed by atoms with Crippen LogP contribution < -0.4 is 16.4 Å². The third-order valence-electron chi connectivity index (χ3n) is 8.73. The van der Waals surface area contributed by atoms with Gasteiger partial charge >= 0.3 is 18.3 Å². The zero-order valence-electron chi connectivity index (χ0n) is 25.0. The maximum atomic E-state index is 13.8. The van der Waals surface area contributed by atoms with Crippen LogP contribution in [0.4, 0.5) is 37.8 Å². The van der Waals surface area contributed by atoms with Gasteiger partial charge in [0.25, 0.3) is 0 Å². The minimum absolute atomic E-state index is 0.126. The lowest BCUT2D eigenvalue weighted by Crippen LogP contribution is -2.46. The molecule has 3 aromatic rings. The van der Waals surface area contributed by atoms with Gasteiger partial charge in [0.15, 0.2) is 0 Å². The first-order valence-electron chi connectivity index (χ1n) is 14.6. The van der Waals surface area contributed by atoms with Crippen LogP contribution in [-0.2, 0) is 50.5 Å². The number of pyridine rings is 1. The summed E-state index contributed by atoms with van der Waals surface area (Å²) < 4.78 is 73.3. The average Bonchev–Trinajstić information content (AvgIpc) is 3.70. The number of fused-ring (bicyclic) bond motifs is 3. The Morgan fingerprint density at radius 1 is 0.958 bits per heavy atom. The molecule has 254 valence electrons. The van der Waals surface area contributed by atoms with E-state index in [4.69, 9.17) is 15.6 Å². The number of carbonyl (C=O) groups is 4. The third-order valence-corrected chi connectivity index (χ3v) is 8.73. The second kappa shape index (κ2) is 12.6. The number of nitrogens with two attached hydrogens (primary N) is 1. The fraction of sp³-hybridized carbons (Fsp3) is 0.344. The Morgan fingerprint density at radius 2 is 1.60 bits per heavy atom. The topological polar surface area (TPSA) is 155 Å². The Hall–Kier alpha value is -4.99. The molecule has 3 aliphatic rings. The van der Waals surface area contributed by atoms with Crippen molar-refractivity contribution in [3.05, 3.63) is 88.6 Å². The molecular formula is C32H29F6N5O5. The number of carboxylic acid groups (broad SMARTS) is 1. The smallest absolute Gasteiger partial charge is 0.475 e. The fourth-order valence-corrected chi connectivity index (χ4v) is 6.08. The number of aliphatic carboxylic acids is 1. The van der Waals surface area contributed by atoms with E-state index in [1.165, 1.54) is 0 Å². The van der Waals surface area contributed by atoms with Crippen molar-refractivity contribution >= 4 is 35.2 Å². The van der Waals surface area contributed by atoms with Gasteiger partial charge in [0.1, 0.15) is 17.8 Å². The van der Waals surface area contributed by atoms with Crippen LogP contribution in [0.15, 0.2) is 60.8 Å². The molecule has 1 aliphatic heterocycles. The number of aromatic nitrogens is 1. The number of amides is 3. The lowest BCUT2D eigenvalue weighted by atomic mass is 9.79. The van der Waals surface area contributed by atoms with Gasteiger partial charge in [-0.1, -0.05) is 36.4 Å². The second-order valence-electron chi connectivity index (χ2n) is 11.8. The molecule has 2 aliphatic carbocycles. The summed E-state index contributed by atoms with van der Waals surface area (Å²) in [5, 5.41) is 12.7. The van der Waals surface area contributed by atoms with Crippen molar-refractivity contribution in [1.29, 1.82) is 0 Å². The van der Waals surface area contributed by atoms with Crippen molar-refractivity contribution in [1.82, 2.24) is 9.88 Å². The number of anilines is 2. The van der Waals surface area contributed by atoms with Crippen molar-refractivity contribution in [3.63, 3.8) is 0 Å². The van der Waals surface area contributed by atoms with Crippen LogP contribution in [0.3, 0.4) is 0 Å². The molecule has 1 aromatic heterocycles. The van der Waals surface area contributed by atoms with Crippen molar-refractivity contribution in [2.24, 2.45) is 11.1 Å². The van der Waals surface area contributed by atoms with Crippen LogP contribution >= 0.6 is 0 Å². The molecule has 0 bridgehead atoms. The first kappa shape index (κ1) is 34.3. The van der Waals surface area contributed by atoms with E-state index in [0.29, 0.717) is 35.5 Å². The van der Waals surface area contributed by atoms with Crippen LogP contribution in [-0.4, -0.2) is 57.6 Å². The highest BCUT2D eigenvalue weighted by molar-refractivity contribution is 6.06. The standard InChI is InChI=1S/C30H28F3N5O3.C2HF3O2/c31-30(32,33)29(9-10-29)27(41)38(16-20-5-2-1-4-19(20)15-34)17-24(39)36-22-8-7-18-13-28(14-21(18)12-22)23-6-3-11-35-25(23)37-26(28)40;3-2(4,5)1(6)7/h1-8,11-12H,9-10,13-17,34H2,(H,36,39)(H,35,37,40);(H,6,7). The summed E-state index contributed by atoms with van der Waals surface area (Å²) in [5.74, 6) is -4.07. The first-order valence-corrected chi connectivity index (χ1v) is 14.6. The highest BCUT2D eigenvalue weighted by Gasteiger charge is 2.69. The number of carboxylic acids is 1. The Bertz CT molecular complexity index is 1770. The Balaban J connectivity index is 0.000000582. The molecule has 1 atom stereocenters. The summed E-state index contributed by atoms with van der Waals surface area (Å²) in [6, 6.07) is 15.9. The van der Waals surface area contributed by atoms with Gasteiger partial charge in [-0.3, -0.25) is 14.4 Å². The fourth-order valence-electron chi connectivity index (χ4n) is 6.08. The molecule has 0 saturated heterocycles. The van der Waals surface area contributed by atoms with Crippen LogP contribution in [0.25, 0.3) is 0 Å². The molecule has 48 heavy (non-hydrogen) atoms. The summed E-state index contributed by atoms with van der Waals surface area (Å²) in [6.07, 6.45) is -7.86. The Labute approximate surface area is 269 Å². The van der Waals surface area contributed by atoms with E-state index >= 15 is 0 Å². The van der Waals surface area contributed by atoms with Gasteiger partial charge in [0.05, 0.1) is 5.41 Å². The number of hydrogen-bond donors (Lipinski definition) is 4. The largest absolute Gasteiger partial charge is 0.490 e. The highest BCUT2D eigenvalue weighted by atomic mass is 19.4. The minimum atomic E-state index is -5.08. The Morgan fingerprint density at radius 3 is 2.21 bits per heavy atom. The lowest BCUT2D eigenvalue weighted by Gasteiger charge is -2.29. The minimum Gasteiger partial charge on any atom is -0.475 e. The molecule has 2 heterocycles. The maximum Gasteiger partial charge on any atom is 0.490 e. The van der Waals surface area contributed by atoms with Crippen molar-refractivity contribution in [3.8, 4) is 0 Å². The Kier molecular flexibility index (Phi) is 8.99. The van der Waals surface area contributed by atoms with Gasteiger partial charge in [-0.25, -0.2) is 9.78 Å². The molecule has 5 N–H and O–H groups in total. The molecule has 6 rings (SSSR count). The predicted octanol–water partition coefficient (Wildman–Crippen LogP) is 4.47. The molecule has 10 nitrogen and oxygen atoms in total. The van der Waals surface area contributed by atoms with E-state index in [-0.39, 0.29) is 31.8 Å².